The van der Waals surface area contributed by atoms with Crippen molar-refractivity contribution < 1.29 is 23.7 Å². The monoisotopic (exact) mass is 615 g/mol. The van der Waals surface area contributed by atoms with Crippen LogP contribution in [0.2, 0.25) is 5.02 Å². The van der Waals surface area contributed by atoms with E-state index in [0.29, 0.717) is 45.4 Å². The summed E-state index contributed by atoms with van der Waals surface area (Å²) in [7, 11) is 1.60. The molecule has 1 amide bonds. The molecule has 2 heterocycles. The molecule has 0 saturated carbocycles. The highest BCUT2D eigenvalue weighted by Gasteiger charge is 2.36. The van der Waals surface area contributed by atoms with Crippen LogP contribution in [0.3, 0.4) is 0 Å². The standard InChI is InChI=1S/C33H30ClN3O5S/c1-4-9-21-12-13-27(28(18-21)39-3)41-14-15-42-30-25(34)17-22(19-29(30)40-5-2)16-24-31(35)37-26(23-10-7-6-8-11-23)20-43-33(37)36-32(24)38/h4,6-8,10-13,16-20,35H,1,5,9,14-15H2,2-3H3/b24-16-,35-31?. The first-order valence-electron chi connectivity index (χ1n) is 13.6. The lowest BCUT2D eigenvalue weighted by Crippen LogP contribution is -2.38. The molecule has 5 rings (SSSR count). The molecule has 1 N–H and O–H groups in total. The summed E-state index contributed by atoms with van der Waals surface area (Å²) in [5.41, 5.74) is 3.50. The molecule has 0 aliphatic carbocycles. The van der Waals surface area contributed by atoms with Crippen molar-refractivity contribution in [1.29, 1.82) is 5.41 Å². The first-order chi connectivity index (χ1) is 20.9. The van der Waals surface area contributed by atoms with Gasteiger partial charge < -0.3 is 18.9 Å². The number of hydrogen-bond acceptors (Lipinski definition) is 7. The largest absolute Gasteiger partial charge is 0.493 e. The second-order valence-corrected chi connectivity index (χ2v) is 10.6. The number of thioether (sulfide) groups is 1. The van der Waals surface area contributed by atoms with Crippen molar-refractivity contribution in [2.24, 2.45) is 4.99 Å². The molecular weight excluding hydrogens is 586 g/mol. The van der Waals surface area contributed by atoms with Gasteiger partial charge in [0.15, 0.2) is 28.2 Å². The Morgan fingerprint density at radius 1 is 1.02 bits per heavy atom. The summed E-state index contributed by atoms with van der Waals surface area (Å²) < 4.78 is 23.2. The number of allylic oxidation sites excluding steroid dienone is 1. The number of carbonyl (C=O) groups is 1. The molecule has 0 saturated heterocycles. The van der Waals surface area contributed by atoms with Gasteiger partial charge in [-0.25, -0.2) is 0 Å². The summed E-state index contributed by atoms with van der Waals surface area (Å²) in [6.45, 7) is 6.43. The van der Waals surface area contributed by atoms with Crippen molar-refractivity contribution in [1.82, 2.24) is 4.90 Å². The lowest BCUT2D eigenvalue weighted by molar-refractivity contribution is -0.114. The van der Waals surface area contributed by atoms with Crippen molar-refractivity contribution in [2.45, 2.75) is 13.3 Å². The van der Waals surface area contributed by atoms with Crippen LogP contribution in [0.25, 0.3) is 11.8 Å². The van der Waals surface area contributed by atoms with Gasteiger partial charge in [0.05, 0.1) is 30.0 Å². The Hall–Kier alpha value is -4.47. The summed E-state index contributed by atoms with van der Waals surface area (Å²) >= 11 is 7.97. The molecule has 0 radical (unpaired) electrons. The minimum absolute atomic E-state index is 0.0367. The minimum Gasteiger partial charge on any atom is -0.493 e. The number of benzene rings is 3. The maximum absolute atomic E-state index is 13.0. The maximum atomic E-state index is 13.0. The number of ether oxygens (including phenoxy) is 4. The highest BCUT2D eigenvalue weighted by Crippen LogP contribution is 2.40. The molecule has 43 heavy (non-hydrogen) atoms. The van der Waals surface area contributed by atoms with Gasteiger partial charge in [0.1, 0.15) is 19.0 Å². The molecule has 10 heteroatoms. The Balaban J connectivity index is 1.32. The molecule has 2 aliphatic heterocycles. The van der Waals surface area contributed by atoms with Crippen molar-refractivity contribution in [3.8, 4) is 23.0 Å². The van der Waals surface area contributed by atoms with Gasteiger partial charge in [0, 0.05) is 5.41 Å². The van der Waals surface area contributed by atoms with Crippen LogP contribution < -0.4 is 18.9 Å². The average Bonchev–Trinajstić information content (AvgIpc) is 3.43. The molecule has 3 aromatic carbocycles. The highest BCUT2D eigenvalue weighted by atomic mass is 35.5. The molecule has 8 nitrogen and oxygen atoms in total. The number of carbonyl (C=O) groups excluding carboxylic acids is 1. The summed E-state index contributed by atoms with van der Waals surface area (Å²) in [6.07, 6.45) is 4.16. The number of hydrogen-bond donors (Lipinski definition) is 1. The Kier molecular flexibility index (Phi) is 9.54. The Labute approximate surface area is 259 Å². The molecule has 2 aliphatic rings. The third kappa shape index (κ3) is 6.63. The average molecular weight is 616 g/mol. The van der Waals surface area contributed by atoms with Crippen LogP contribution >= 0.6 is 23.4 Å². The van der Waals surface area contributed by atoms with E-state index >= 15 is 0 Å². The Morgan fingerprint density at radius 3 is 2.56 bits per heavy atom. The normalized spacial score (nSPS) is 15.1. The van der Waals surface area contributed by atoms with E-state index in [1.807, 2.05) is 66.9 Å². The zero-order valence-corrected chi connectivity index (χ0v) is 25.3. The first kappa shape index (κ1) is 30.0. The molecule has 0 aromatic heterocycles. The van der Waals surface area contributed by atoms with E-state index in [2.05, 4.69) is 11.6 Å². The fraction of sp³-hybridized carbons (Fsp3) is 0.182. The summed E-state index contributed by atoms with van der Waals surface area (Å²) in [4.78, 5) is 18.9. The molecule has 0 bridgehead atoms. The van der Waals surface area contributed by atoms with Crippen LogP contribution in [0.15, 0.2) is 89.3 Å². The third-order valence-corrected chi connectivity index (χ3v) is 7.63. The predicted octanol–water partition coefficient (Wildman–Crippen LogP) is 7.24. The lowest BCUT2D eigenvalue weighted by atomic mass is 10.1. The van der Waals surface area contributed by atoms with E-state index < -0.39 is 5.91 Å². The Morgan fingerprint density at radius 2 is 1.81 bits per heavy atom. The van der Waals surface area contributed by atoms with Gasteiger partial charge in [-0.05, 0) is 60.4 Å². The van der Waals surface area contributed by atoms with Crippen molar-refractivity contribution >= 4 is 52.0 Å². The number of amides is 1. The lowest BCUT2D eigenvalue weighted by Gasteiger charge is -2.27. The minimum atomic E-state index is -0.494. The van der Waals surface area contributed by atoms with Gasteiger partial charge in [-0.2, -0.15) is 4.99 Å². The third-order valence-electron chi connectivity index (χ3n) is 6.52. The Bertz CT molecular complexity index is 1650. The van der Waals surface area contributed by atoms with E-state index in [1.165, 1.54) is 11.8 Å². The number of rotatable bonds is 12. The van der Waals surface area contributed by atoms with Crippen LogP contribution in [0.1, 0.15) is 23.6 Å². The van der Waals surface area contributed by atoms with Gasteiger partial charge in [-0.3, -0.25) is 15.1 Å². The number of nitrogens with zero attached hydrogens (tertiary/aromatic N) is 2. The second kappa shape index (κ2) is 13.7. The molecule has 0 unspecified atom stereocenters. The number of halogens is 1. The van der Waals surface area contributed by atoms with E-state index in [9.17, 15) is 4.79 Å². The topological polar surface area (TPSA) is 93.4 Å². The molecule has 0 spiro atoms. The van der Waals surface area contributed by atoms with Gasteiger partial charge in [-0.15, -0.1) is 6.58 Å². The first-order valence-corrected chi connectivity index (χ1v) is 14.8. The van der Waals surface area contributed by atoms with Crippen molar-refractivity contribution in [2.75, 3.05) is 26.9 Å². The van der Waals surface area contributed by atoms with Crippen LogP contribution in [-0.4, -0.2) is 48.7 Å². The van der Waals surface area contributed by atoms with Crippen LogP contribution in [0.4, 0.5) is 0 Å². The van der Waals surface area contributed by atoms with Crippen LogP contribution in [0.5, 0.6) is 23.0 Å². The number of fused-ring (bicyclic) bond motifs is 1. The predicted molar refractivity (Wildman–Crippen MR) is 173 cm³/mol. The summed E-state index contributed by atoms with van der Waals surface area (Å²) in [5.74, 6) is 1.54. The van der Waals surface area contributed by atoms with Gasteiger partial charge >= 0.3 is 0 Å². The fourth-order valence-corrected chi connectivity index (χ4v) is 5.74. The number of nitrogens with one attached hydrogen (secondary N) is 1. The fourth-order valence-electron chi connectivity index (χ4n) is 4.58. The number of amidine groups is 2. The summed E-state index contributed by atoms with van der Waals surface area (Å²) in [6, 6.07) is 18.8. The van der Waals surface area contributed by atoms with Gasteiger partial charge in [0.25, 0.3) is 5.91 Å². The molecular formula is C33H30ClN3O5S. The van der Waals surface area contributed by atoms with Gasteiger partial charge in [0.2, 0.25) is 0 Å². The zero-order chi connectivity index (χ0) is 30.3. The second-order valence-electron chi connectivity index (χ2n) is 9.37. The van der Waals surface area contributed by atoms with Crippen molar-refractivity contribution in [3.63, 3.8) is 0 Å². The van der Waals surface area contributed by atoms with Gasteiger partial charge in [-0.1, -0.05) is 65.8 Å². The molecule has 0 atom stereocenters. The number of aliphatic imine (C=N–C) groups is 1. The molecule has 220 valence electrons. The smallest absolute Gasteiger partial charge is 0.283 e. The van der Waals surface area contributed by atoms with Crippen LogP contribution in [0, 0.1) is 5.41 Å². The SMILES string of the molecule is C=CCc1ccc(OCCOc2c(Cl)cc(/C=C3/C(=N)N4C(c5ccccc5)=CSC4=NC3=O)cc2OCC)c(OC)c1. The maximum Gasteiger partial charge on any atom is 0.283 e. The highest BCUT2D eigenvalue weighted by molar-refractivity contribution is 8.17. The quantitative estimate of drug-likeness (QED) is 0.130. The van der Waals surface area contributed by atoms with E-state index in [4.69, 9.17) is 36.0 Å². The van der Waals surface area contributed by atoms with Crippen LogP contribution in [-0.2, 0) is 11.2 Å². The van der Waals surface area contributed by atoms with Crippen molar-refractivity contribution in [3.05, 3.63) is 106 Å². The number of methoxy groups -OCH3 is 1. The zero-order valence-electron chi connectivity index (χ0n) is 23.8. The van der Waals surface area contributed by atoms with E-state index in [-0.39, 0.29) is 24.6 Å². The molecule has 3 aromatic rings. The van der Waals surface area contributed by atoms with E-state index in [0.717, 1.165) is 23.2 Å². The molecule has 0 fully saturated rings. The van der Waals surface area contributed by atoms with E-state index in [1.54, 1.807) is 30.2 Å². The summed E-state index contributed by atoms with van der Waals surface area (Å²) in [5, 5.41) is 11.5.